The predicted octanol–water partition coefficient (Wildman–Crippen LogP) is 4.40. The van der Waals surface area contributed by atoms with Gasteiger partial charge in [-0.3, -0.25) is 0 Å². The average molecular weight is 498 g/mol. The third kappa shape index (κ3) is 6.78. The van der Waals surface area contributed by atoms with Crippen molar-refractivity contribution in [1.29, 1.82) is 0 Å². The fourth-order valence-corrected chi connectivity index (χ4v) is 2.63. The lowest BCUT2D eigenvalue weighted by Crippen LogP contribution is -2.23. The fraction of sp³-hybridized carbons (Fsp3) is 0.381. The maximum absolute atomic E-state index is 6.11. The lowest BCUT2D eigenvalue weighted by Gasteiger charge is -2.15. The van der Waals surface area contributed by atoms with Crippen molar-refractivity contribution in [1.82, 2.24) is 0 Å². The molecule has 2 rings (SSSR count). The van der Waals surface area contributed by atoms with Gasteiger partial charge in [-0.2, -0.15) is 0 Å². The second-order valence-electron chi connectivity index (χ2n) is 6.36. The highest BCUT2D eigenvalue weighted by molar-refractivity contribution is 14.0. The molecule has 0 aliphatic rings. The van der Waals surface area contributed by atoms with Crippen LogP contribution in [0.2, 0.25) is 0 Å². The number of nitrogens with zero attached hydrogens (tertiary/aromatic N) is 2. The van der Waals surface area contributed by atoms with E-state index in [1.807, 2.05) is 46.1 Å². The summed E-state index contributed by atoms with van der Waals surface area (Å²) in [6.07, 6.45) is 0. The van der Waals surface area contributed by atoms with Crippen molar-refractivity contribution in [2.24, 2.45) is 10.7 Å². The number of hydrogen-bond acceptors (Lipinski definition) is 4. The van der Waals surface area contributed by atoms with Crippen LogP contribution in [0.5, 0.6) is 11.5 Å². The number of guanidine groups is 1. The summed E-state index contributed by atoms with van der Waals surface area (Å²) in [5.41, 5.74) is 10.3. The molecule has 2 aromatic carbocycles. The summed E-state index contributed by atoms with van der Waals surface area (Å²) in [4.78, 5) is 6.56. The zero-order chi connectivity index (χ0) is 19.8. The van der Waals surface area contributed by atoms with E-state index in [1.165, 1.54) is 11.3 Å². The predicted molar refractivity (Wildman–Crippen MR) is 129 cm³/mol. The van der Waals surface area contributed by atoms with Gasteiger partial charge in [-0.05, 0) is 56.2 Å². The second-order valence-corrected chi connectivity index (χ2v) is 6.36. The summed E-state index contributed by atoms with van der Waals surface area (Å²) in [5, 5.41) is 3.13. The Kier molecular flexibility index (Phi) is 9.92. The molecule has 0 heterocycles. The highest BCUT2D eigenvalue weighted by Crippen LogP contribution is 2.29. The monoisotopic (exact) mass is 498 g/mol. The van der Waals surface area contributed by atoms with E-state index in [9.17, 15) is 0 Å². The van der Waals surface area contributed by atoms with Crippen LogP contribution in [-0.4, -0.2) is 33.3 Å². The van der Waals surface area contributed by atoms with E-state index >= 15 is 0 Å². The molecule has 0 amide bonds. The minimum absolute atomic E-state index is 0. The van der Waals surface area contributed by atoms with E-state index in [1.54, 1.807) is 0 Å². The standard InChI is InChI=1S/C21H30N4O2.HI/c1-6-26-18-10-11-20(27-7-2)19(13-18)24-21(22)23-14-16-8-9-17(25(4)5)12-15(16)3;/h8-13H,6-7,14H2,1-5H3,(H3,22,23,24);1H. The number of nitrogens with one attached hydrogen (secondary N) is 1. The van der Waals surface area contributed by atoms with Crippen LogP contribution >= 0.6 is 24.0 Å². The summed E-state index contributed by atoms with van der Waals surface area (Å²) in [6.45, 7) is 7.64. The quantitative estimate of drug-likeness (QED) is 0.321. The molecule has 0 fully saturated rings. The first-order valence-electron chi connectivity index (χ1n) is 9.18. The first-order valence-corrected chi connectivity index (χ1v) is 9.18. The summed E-state index contributed by atoms with van der Waals surface area (Å²) in [6, 6.07) is 11.9. The number of ether oxygens (including phenoxy) is 2. The largest absolute Gasteiger partial charge is 0.494 e. The van der Waals surface area contributed by atoms with Gasteiger partial charge in [-0.25, -0.2) is 4.99 Å². The van der Waals surface area contributed by atoms with Crippen LogP contribution in [0.4, 0.5) is 11.4 Å². The van der Waals surface area contributed by atoms with E-state index in [-0.39, 0.29) is 24.0 Å². The van der Waals surface area contributed by atoms with Crippen molar-refractivity contribution in [2.45, 2.75) is 27.3 Å². The Bertz CT molecular complexity index is 794. The number of benzene rings is 2. The van der Waals surface area contributed by atoms with Gasteiger partial charge in [0.05, 0.1) is 25.4 Å². The van der Waals surface area contributed by atoms with Crippen molar-refractivity contribution >= 4 is 41.3 Å². The van der Waals surface area contributed by atoms with Crippen LogP contribution in [0.15, 0.2) is 41.4 Å². The van der Waals surface area contributed by atoms with Gasteiger partial charge in [0.2, 0.25) is 0 Å². The zero-order valence-corrected chi connectivity index (χ0v) is 19.6. The third-order valence-corrected chi connectivity index (χ3v) is 4.09. The van der Waals surface area contributed by atoms with Gasteiger partial charge < -0.3 is 25.4 Å². The number of halogens is 1. The van der Waals surface area contributed by atoms with Gasteiger partial charge in [0.1, 0.15) is 11.5 Å². The molecule has 0 unspecified atom stereocenters. The molecule has 0 saturated carbocycles. The Balaban J connectivity index is 0.00000392. The molecule has 0 spiro atoms. The first-order chi connectivity index (χ1) is 12.9. The Labute approximate surface area is 185 Å². The van der Waals surface area contributed by atoms with E-state index in [0.717, 1.165) is 17.0 Å². The lowest BCUT2D eigenvalue weighted by molar-refractivity contribution is 0.332. The van der Waals surface area contributed by atoms with Crippen molar-refractivity contribution in [3.8, 4) is 11.5 Å². The zero-order valence-electron chi connectivity index (χ0n) is 17.3. The van der Waals surface area contributed by atoms with Gasteiger partial charge in [0.15, 0.2) is 5.96 Å². The Morgan fingerprint density at radius 3 is 2.39 bits per heavy atom. The molecule has 3 N–H and O–H groups in total. The molecule has 0 bridgehead atoms. The van der Waals surface area contributed by atoms with E-state index in [2.05, 4.69) is 40.3 Å². The SMILES string of the molecule is CCOc1ccc(OCC)c(NC(N)=NCc2ccc(N(C)C)cc2C)c1.I. The molecular formula is C21H31IN4O2. The maximum atomic E-state index is 6.11. The normalized spacial score (nSPS) is 10.8. The van der Waals surface area contributed by atoms with Crippen LogP contribution < -0.4 is 25.4 Å². The summed E-state index contributed by atoms with van der Waals surface area (Å²) in [7, 11) is 4.06. The highest BCUT2D eigenvalue weighted by Gasteiger charge is 2.08. The summed E-state index contributed by atoms with van der Waals surface area (Å²) < 4.78 is 11.2. The number of aryl methyl sites for hydroxylation is 1. The number of anilines is 2. The number of nitrogens with two attached hydrogens (primary N) is 1. The van der Waals surface area contributed by atoms with Gasteiger partial charge in [-0.1, -0.05) is 6.07 Å². The van der Waals surface area contributed by atoms with Crippen LogP contribution in [0.3, 0.4) is 0 Å². The molecule has 0 aromatic heterocycles. The number of hydrogen-bond donors (Lipinski definition) is 2. The number of rotatable bonds is 8. The minimum Gasteiger partial charge on any atom is -0.494 e. The molecule has 0 aliphatic carbocycles. The molecule has 7 heteroatoms. The first kappa shape index (κ1) is 23.9. The van der Waals surface area contributed by atoms with E-state index in [0.29, 0.717) is 31.5 Å². The fourth-order valence-electron chi connectivity index (χ4n) is 2.63. The van der Waals surface area contributed by atoms with Crippen molar-refractivity contribution in [2.75, 3.05) is 37.5 Å². The highest BCUT2D eigenvalue weighted by atomic mass is 127. The smallest absolute Gasteiger partial charge is 0.193 e. The second kappa shape index (κ2) is 11.6. The van der Waals surface area contributed by atoms with Crippen LogP contribution in [-0.2, 0) is 6.54 Å². The Morgan fingerprint density at radius 2 is 1.79 bits per heavy atom. The minimum atomic E-state index is 0. The molecule has 154 valence electrons. The Hall–Kier alpha value is -2.16. The Morgan fingerprint density at radius 1 is 1.07 bits per heavy atom. The van der Waals surface area contributed by atoms with Gasteiger partial charge in [0, 0.05) is 25.8 Å². The lowest BCUT2D eigenvalue weighted by atomic mass is 10.1. The summed E-state index contributed by atoms with van der Waals surface area (Å²) >= 11 is 0. The summed E-state index contributed by atoms with van der Waals surface area (Å²) in [5.74, 6) is 1.80. The van der Waals surface area contributed by atoms with E-state index < -0.39 is 0 Å². The number of aliphatic imine (C=N–C) groups is 1. The molecule has 28 heavy (non-hydrogen) atoms. The van der Waals surface area contributed by atoms with Gasteiger partial charge >= 0.3 is 0 Å². The third-order valence-electron chi connectivity index (χ3n) is 4.09. The van der Waals surface area contributed by atoms with Crippen molar-refractivity contribution in [3.05, 3.63) is 47.5 Å². The van der Waals surface area contributed by atoms with Crippen LogP contribution in [0.25, 0.3) is 0 Å². The molecular weight excluding hydrogens is 467 g/mol. The molecule has 6 nitrogen and oxygen atoms in total. The van der Waals surface area contributed by atoms with Gasteiger partial charge in [-0.15, -0.1) is 24.0 Å². The maximum Gasteiger partial charge on any atom is 0.193 e. The van der Waals surface area contributed by atoms with Crippen LogP contribution in [0, 0.1) is 6.92 Å². The molecule has 0 aliphatic heterocycles. The molecule has 2 aromatic rings. The van der Waals surface area contributed by atoms with E-state index in [4.69, 9.17) is 15.2 Å². The van der Waals surface area contributed by atoms with Crippen molar-refractivity contribution in [3.63, 3.8) is 0 Å². The van der Waals surface area contributed by atoms with Gasteiger partial charge in [0.25, 0.3) is 0 Å². The molecule has 0 atom stereocenters. The van der Waals surface area contributed by atoms with Crippen LogP contribution in [0.1, 0.15) is 25.0 Å². The van der Waals surface area contributed by atoms with Crippen molar-refractivity contribution < 1.29 is 9.47 Å². The average Bonchev–Trinajstić information content (AvgIpc) is 2.63. The molecule has 0 radical (unpaired) electrons. The molecule has 0 saturated heterocycles. The topological polar surface area (TPSA) is 72.1 Å².